The van der Waals surface area contributed by atoms with Gasteiger partial charge in [0.2, 0.25) is 0 Å². The lowest BCUT2D eigenvalue weighted by atomic mass is 9.82. The Morgan fingerprint density at radius 1 is 1.47 bits per heavy atom. The molecule has 0 rings (SSSR count). The fraction of sp³-hybridized carbons (Fsp3) is 0.909. The van der Waals surface area contributed by atoms with Crippen LogP contribution in [0.3, 0.4) is 0 Å². The molecule has 0 amide bonds. The lowest BCUT2D eigenvalue weighted by Gasteiger charge is -2.29. The van der Waals surface area contributed by atoms with Crippen LogP contribution < -0.4 is 5.73 Å². The van der Waals surface area contributed by atoms with Gasteiger partial charge in [0.05, 0.1) is 12.5 Å². The van der Waals surface area contributed by atoms with E-state index < -0.39 is 5.54 Å². The van der Waals surface area contributed by atoms with Crippen molar-refractivity contribution in [3.8, 4) is 0 Å². The van der Waals surface area contributed by atoms with Crippen LogP contribution in [0.15, 0.2) is 0 Å². The molecule has 0 radical (unpaired) electrons. The fourth-order valence-corrected chi connectivity index (χ4v) is 1.42. The molecule has 0 aromatic heterocycles. The van der Waals surface area contributed by atoms with E-state index in [4.69, 9.17) is 15.6 Å². The van der Waals surface area contributed by atoms with Crippen LogP contribution in [0.5, 0.6) is 0 Å². The second kappa shape index (κ2) is 6.08. The summed E-state index contributed by atoms with van der Waals surface area (Å²) in [4.78, 5) is 11.7. The largest absolute Gasteiger partial charge is 0.463 e. The summed E-state index contributed by atoms with van der Waals surface area (Å²) in [5.41, 5.74) is 5.35. The Hall–Kier alpha value is -0.610. The van der Waals surface area contributed by atoms with Crippen LogP contribution in [0.2, 0.25) is 0 Å². The molecule has 4 nitrogen and oxygen atoms in total. The molecule has 90 valence electrons. The molecule has 0 spiro atoms. The number of hydrogen-bond acceptors (Lipinski definition) is 4. The van der Waals surface area contributed by atoms with Gasteiger partial charge in [-0.25, -0.2) is 0 Å². The van der Waals surface area contributed by atoms with Crippen molar-refractivity contribution in [1.82, 2.24) is 0 Å². The van der Waals surface area contributed by atoms with E-state index in [0.717, 1.165) is 0 Å². The van der Waals surface area contributed by atoms with Gasteiger partial charge >= 0.3 is 5.97 Å². The summed E-state index contributed by atoms with van der Waals surface area (Å²) in [5.74, 6) is -0.242. The number of carbonyl (C=O) groups excluding carboxylic acids is 1. The average Bonchev–Trinajstić information content (AvgIpc) is 2.08. The molecule has 0 aromatic carbocycles. The molecule has 0 bridgehead atoms. The van der Waals surface area contributed by atoms with Gasteiger partial charge in [0.1, 0.15) is 6.61 Å². The highest BCUT2D eigenvalue weighted by molar-refractivity contribution is 5.74. The van der Waals surface area contributed by atoms with Crippen molar-refractivity contribution in [2.45, 2.75) is 39.7 Å². The van der Waals surface area contributed by atoms with E-state index in [1.54, 1.807) is 0 Å². The standard InChI is InChI=1S/C11H23NO3/c1-8(2)7-9(11(3,4)12)10(14)15-6-5-13/h8-9,13H,5-7,12H2,1-4H3. The van der Waals surface area contributed by atoms with Gasteiger partial charge in [-0.1, -0.05) is 13.8 Å². The summed E-state index contributed by atoms with van der Waals surface area (Å²) in [5, 5.41) is 8.57. The summed E-state index contributed by atoms with van der Waals surface area (Å²) in [6, 6.07) is 0. The van der Waals surface area contributed by atoms with Crippen molar-refractivity contribution in [2.24, 2.45) is 17.6 Å². The lowest BCUT2D eigenvalue weighted by Crippen LogP contribution is -2.46. The van der Waals surface area contributed by atoms with E-state index in [1.165, 1.54) is 0 Å². The number of hydrogen-bond donors (Lipinski definition) is 2. The topological polar surface area (TPSA) is 72.5 Å². The summed E-state index contributed by atoms with van der Waals surface area (Å²) in [6.45, 7) is 7.62. The van der Waals surface area contributed by atoms with Gasteiger partial charge in [0.15, 0.2) is 0 Å². The van der Waals surface area contributed by atoms with Crippen molar-refractivity contribution < 1.29 is 14.6 Å². The maximum atomic E-state index is 11.7. The quantitative estimate of drug-likeness (QED) is 0.649. The molecule has 15 heavy (non-hydrogen) atoms. The smallest absolute Gasteiger partial charge is 0.310 e. The van der Waals surface area contributed by atoms with E-state index in [9.17, 15) is 4.79 Å². The third-order valence-electron chi connectivity index (χ3n) is 2.23. The molecule has 0 saturated carbocycles. The minimum absolute atomic E-state index is 0.0451. The van der Waals surface area contributed by atoms with E-state index in [1.807, 2.05) is 27.7 Å². The Morgan fingerprint density at radius 3 is 2.33 bits per heavy atom. The molecule has 0 heterocycles. The molecule has 0 aliphatic rings. The number of aliphatic hydroxyl groups is 1. The SMILES string of the molecule is CC(C)CC(C(=O)OCCO)C(C)(C)N. The van der Waals surface area contributed by atoms with Crippen LogP contribution in [-0.2, 0) is 9.53 Å². The van der Waals surface area contributed by atoms with Crippen LogP contribution in [0.4, 0.5) is 0 Å². The molecular weight excluding hydrogens is 194 g/mol. The molecule has 3 N–H and O–H groups in total. The van der Waals surface area contributed by atoms with Crippen molar-refractivity contribution in [3.05, 3.63) is 0 Å². The number of rotatable bonds is 6. The number of nitrogens with two attached hydrogens (primary N) is 1. The Labute approximate surface area is 91.8 Å². The zero-order valence-corrected chi connectivity index (χ0v) is 10.1. The molecule has 1 atom stereocenters. The maximum Gasteiger partial charge on any atom is 0.310 e. The van der Waals surface area contributed by atoms with E-state index in [-0.39, 0.29) is 25.1 Å². The Kier molecular flexibility index (Phi) is 5.83. The molecule has 0 fully saturated rings. The van der Waals surface area contributed by atoms with Gasteiger partial charge in [0.25, 0.3) is 0 Å². The molecule has 1 unspecified atom stereocenters. The van der Waals surface area contributed by atoms with Crippen molar-refractivity contribution in [1.29, 1.82) is 0 Å². The first-order chi connectivity index (χ1) is 6.79. The number of carbonyl (C=O) groups is 1. The predicted octanol–water partition coefficient (Wildman–Crippen LogP) is 0.922. The predicted molar refractivity (Wildman–Crippen MR) is 59.3 cm³/mol. The normalized spacial score (nSPS) is 14.1. The number of ether oxygens (including phenoxy) is 1. The van der Waals surface area contributed by atoms with Crippen LogP contribution >= 0.6 is 0 Å². The Morgan fingerprint density at radius 2 is 2.00 bits per heavy atom. The van der Waals surface area contributed by atoms with Gasteiger partial charge < -0.3 is 15.6 Å². The second-order valence-electron chi connectivity index (χ2n) is 4.89. The molecule has 0 aliphatic heterocycles. The van der Waals surface area contributed by atoms with E-state index in [0.29, 0.717) is 12.3 Å². The average molecular weight is 217 g/mol. The van der Waals surface area contributed by atoms with Crippen LogP contribution in [0.25, 0.3) is 0 Å². The minimum atomic E-state index is -0.586. The molecule has 0 saturated heterocycles. The third kappa shape index (κ3) is 5.74. The Balaban J connectivity index is 4.42. The third-order valence-corrected chi connectivity index (χ3v) is 2.23. The van der Waals surface area contributed by atoms with Crippen molar-refractivity contribution >= 4 is 5.97 Å². The zero-order chi connectivity index (χ0) is 12.1. The van der Waals surface area contributed by atoms with Crippen molar-refractivity contribution in [3.63, 3.8) is 0 Å². The summed E-state index contributed by atoms with van der Waals surface area (Å²) in [6.07, 6.45) is 0.702. The zero-order valence-electron chi connectivity index (χ0n) is 10.1. The first-order valence-corrected chi connectivity index (χ1v) is 5.35. The van der Waals surface area contributed by atoms with Gasteiger partial charge in [-0.2, -0.15) is 0 Å². The highest BCUT2D eigenvalue weighted by Gasteiger charge is 2.33. The summed E-state index contributed by atoms with van der Waals surface area (Å²) < 4.78 is 4.91. The first-order valence-electron chi connectivity index (χ1n) is 5.35. The van der Waals surface area contributed by atoms with E-state index in [2.05, 4.69) is 0 Å². The van der Waals surface area contributed by atoms with Gasteiger partial charge in [-0.05, 0) is 26.2 Å². The summed E-state index contributed by atoms with van der Waals surface area (Å²) >= 11 is 0. The molecule has 4 heteroatoms. The fourth-order valence-electron chi connectivity index (χ4n) is 1.42. The molecular formula is C11H23NO3. The Bertz CT molecular complexity index is 196. The van der Waals surface area contributed by atoms with Crippen molar-refractivity contribution in [2.75, 3.05) is 13.2 Å². The molecule has 0 aliphatic carbocycles. The lowest BCUT2D eigenvalue weighted by molar-refractivity contribution is -0.152. The highest BCUT2D eigenvalue weighted by Crippen LogP contribution is 2.23. The molecule has 0 aromatic rings. The first kappa shape index (κ1) is 14.4. The maximum absolute atomic E-state index is 11.7. The van der Waals surface area contributed by atoms with Crippen LogP contribution in [0.1, 0.15) is 34.1 Å². The van der Waals surface area contributed by atoms with Gasteiger partial charge in [0, 0.05) is 5.54 Å². The monoisotopic (exact) mass is 217 g/mol. The second-order valence-corrected chi connectivity index (χ2v) is 4.89. The van der Waals surface area contributed by atoms with Gasteiger partial charge in [-0.15, -0.1) is 0 Å². The number of esters is 1. The van der Waals surface area contributed by atoms with Crippen LogP contribution in [-0.4, -0.2) is 29.8 Å². The minimum Gasteiger partial charge on any atom is -0.463 e. The van der Waals surface area contributed by atoms with Gasteiger partial charge in [-0.3, -0.25) is 4.79 Å². The van der Waals surface area contributed by atoms with Crippen LogP contribution in [0, 0.1) is 11.8 Å². The number of aliphatic hydroxyl groups excluding tert-OH is 1. The van der Waals surface area contributed by atoms with E-state index >= 15 is 0 Å². The highest BCUT2D eigenvalue weighted by atomic mass is 16.5. The summed E-state index contributed by atoms with van der Waals surface area (Å²) in [7, 11) is 0.